The quantitative estimate of drug-likeness (QED) is 0.779. The second-order valence-electron chi connectivity index (χ2n) is 5.45. The lowest BCUT2D eigenvalue weighted by Crippen LogP contribution is -2.12. The zero-order valence-electron chi connectivity index (χ0n) is 12.6. The Morgan fingerprint density at radius 2 is 1.67 bits per heavy atom. The summed E-state index contributed by atoms with van der Waals surface area (Å²) in [5.41, 5.74) is 2.79. The maximum absolute atomic E-state index is 12.3. The molecule has 0 radical (unpaired) electrons. The first-order chi connectivity index (χ1) is 9.99. The average molecular weight is 300 g/mol. The molecule has 2 aromatic carbocycles. The minimum atomic E-state index is -1.29. The Hall–Kier alpha value is -1.74. The first kappa shape index (κ1) is 15.6. The van der Waals surface area contributed by atoms with E-state index in [2.05, 4.69) is 13.8 Å². The third-order valence-electron chi connectivity index (χ3n) is 3.52. The van der Waals surface area contributed by atoms with Crippen LogP contribution < -0.4 is 0 Å². The zero-order chi connectivity index (χ0) is 15.4. The van der Waals surface area contributed by atoms with E-state index in [1.165, 1.54) is 5.56 Å². The highest BCUT2D eigenvalue weighted by Crippen LogP contribution is 2.17. The van der Waals surface area contributed by atoms with Crippen molar-refractivity contribution >= 4 is 16.6 Å². The van der Waals surface area contributed by atoms with E-state index in [-0.39, 0.29) is 11.5 Å². The molecule has 2 nitrogen and oxygen atoms in total. The average Bonchev–Trinajstić information content (AvgIpc) is 2.47. The summed E-state index contributed by atoms with van der Waals surface area (Å²) in [4.78, 5) is 12.9. The van der Waals surface area contributed by atoms with Crippen LogP contribution in [-0.4, -0.2) is 15.7 Å². The fourth-order valence-corrected chi connectivity index (χ4v) is 3.17. The van der Waals surface area contributed by atoms with Gasteiger partial charge in [-0.25, -0.2) is 0 Å². The van der Waals surface area contributed by atoms with Crippen molar-refractivity contribution in [1.29, 1.82) is 0 Å². The van der Waals surface area contributed by atoms with Crippen molar-refractivity contribution in [3.63, 3.8) is 0 Å². The Bertz CT molecular complexity index is 657. The van der Waals surface area contributed by atoms with Crippen LogP contribution in [0.3, 0.4) is 0 Å². The SMILES string of the molecule is Cc1ccccc1C(=O)CS(=O)c1ccc(C(C)C)cc1. The number of aryl methyl sites for hydroxylation is 1. The maximum atomic E-state index is 12.3. The molecule has 1 unspecified atom stereocenters. The highest BCUT2D eigenvalue weighted by molar-refractivity contribution is 7.85. The van der Waals surface area contributed by atoms with E-state index >= 15 is 0 Å². The van der Waals surface area contributed by atoms with Gasteiger partial charge in [0.2, 0.25) is 0 Å². The normalized spacial score (nSPS) is 12.4. The molecule has 0 saturated carbocycles. The molecule has 0 bridgehead atoms. The molecule has 0 aliphatic carbocycles. The monoisotopic (exact) mass is 300 g/mol. The number of ketones is 1. The van der Waals surface area contributed by atoms with Crippen LogP contribution in [-0.2, 0) is 10.8 Å². The lowest BCUT2D eigenvalue weighted by Gasteiger charge is -2.07. The smallest absolute Gasteiger partial charge is 0.175 e. The van der Waals surface area contributed by atoms with Crippen LogP contribution in [0.4, 0.5) is 0 Å². The molecule has 2 aromatic rings. The molecule has 0 saturated heterocycles. The van der Waals surface area contributed by atoms with Gasteiger partial charge < -0.3 is 0 Å². The number of hydrogen-bond acceptors (Lipinski definition) is 2. The van der Waals surface area contributed by atoms with Gasteiger partial charge in [-0.1, -0.05) is 50.2 Å². The standard InChI is InChI=1S/C18H20O2S/c1-13(2)15-8-10-16(11-9-15)21(20)12-18(19)17-7-5-4-6-14(17)3/h4-11,13H,12H2,1-3H3. The molecule has 110 valence electrons. The molecule has 1 atom stereocenters. The molecule has 2 rings (SSSR count). The topological polar surface area (TPSA) is 34.1 Å². The van der Waals surface area contributed by atoms with Gasteiger partial charge >= 0.3 is 0 Å². The Kier molecular flexibility index (Phi) is 5.07. The van der Waals surface area contributed by atoms with Gasteiger partial charge in [0.1, 0.15) is 0 Å². The molecule has 0 spiro atoms. The van der Waals surface area contributed by atoms with Gasteiger partial charge in [-0.2, -0.15) is 0 Å². The van der Waals surface area contributed by atoms with Gasteiger partial charge in [-0.15, -0.1) is 0 Å². The van der Waals surface area contributed by atoms with Crippen molar-refractivity contribution in [2.75, 3.05) is 5.75 Å². The van der Waals surface area contributed by atoms with Gasteiger partial charge in [0, 0.05) is 10.5 Å². The summed E-state index contributed by atoms with van der Waals surface area (Å²) in [6.45, 7) is 6.13. The van der Waals surface area contributed by atoms with E-state index in [0.29, 0.717) is 16.4 Å². The Balaban J connectivity index is 2.11. The highest BCUT2D eigenvalue weighted by atomic mass is 32.2. The Labute approximate surface area is 128 Å². The first-order valence-corrected chi connectivity index (χ1v) is 8.38. The number of hydrogen-bond donors (Lipinski definition) is 0. The minimum Gasteiger partial charge on any atom is -0.293 e. The van der Waals surface area contributed by atoms with E-state index in [1.54, 1.807) is 6.07 Å². The molecular formula is C18H20O2S. The van der Waals surface area contributed by atoms with Gasteiger partial charge in [0.25, 0.3) is 0 Å². The molecule has 0 aliphatic rings. The van der Waals surface area contributed by atoms with Crippen molar-refractivity contribution in [3.05, 3.63) is 65.2 Å². The first-order valence-electron chi connectivity index (χ1n) is 7.06. The summed E-state index contributed by atoms with van der Waals surface area (Å²) >= 11 is 0. The molecule has 0 heterocycles. The Morgan fingerprint density at radius 1 is 1.05 bits per heavy atom. The van der Waals surface area contributed by atoms with Crippen LogP contribution in [0.5, 0.6) is 0 Å². The highest BCUT2D eigenvalue weighted by Gasteiger charge is 2.14. The fraction of sp³-hybridized carbons (Fsp3) is 0.278. The predicted octanol–water partition coefficient (Wildman–Crippen LogP) is 4.11. The largest absolute Gasteiger partial charge is 0.293 e. The van der Waals surface area contributed by atoms with Crippen molar-refractivity contribution < 1.29 is 9.00 Å². The van der Waals surface area contributed by atoms with E-state index in [9.17, 15) is 9.00 Å². The molecule has 0 N–H and O–H groups in total. The predicted molar refractivity (Wildman–Crippen MR) is 87.3 cm³/mol. The number of rotatable bonds is 5. The van der Waals surface area contributed by atoms with E-state index in [4.69, 9.17) is 0 Å². The van der Waals surface area contributed by atoms with E-state index < -0.39 is 10.8 Å². The zero-order valence-corrected chi connectivity index (χ0v) is 13.4. The van der Waals surface area contributed by atoms with Crippen LogP contribution in [0.25, 0.3) is 0 Å². The third kappa shape index (κ3) is 3.88. The third-order valence-corrected chi connectivity index (χ3v) is 4.84. The molecule has 0 aliphatic heterocycles. The van der Waals surface area contributed by atoms with E-state index in [1.807, 2.05) is 49.4 Å². The number of carbonyl (C=O) groups excluding carboxylic acids is 1. The molecule has 0 fully saturated rings. The van der Waals surface area contributed by atoms with Crippen molar-refractivity contribution in [3.8, 4) is 0 Å². The van der Waals surface area contributed by atoms with Crippen LogP contribution in [0, 0.1) is 6.92 Å². The summed E-state index contributed by atoms with van der Waals surface area (Å²) in [6.07, 6.45) is 0. The second-order valence-corrected chi connectivity index (χ2v) is 6.90. The number of benzene rings is 2. The lowest BCUT2D eigenvalue weighted by molar-refractivity contribution is 0.102. The molecule has 3 heteroatoms. The number of Topliss-reactive ketones (excluding diaryl/α,β-unsaturated/α-hetero) is 1. The second kappa shape index (κ2) is 6.81. The molecule has 0 aromatic heterocycles. The van der Waals surface area contributed by atoms with Gasteiger partial charge in [-0.05, 0) is 36.1 Å². The lowest BCUT2D eigenvalue weighted by atomic mass is 10.0. The molecule has 21 heavy (non-hydrogen) atoms. The van der Waals surface area contributed by atoms with Gasteiger partial charge in [0.15, 0.2) is 5.78 Å². The summed E-state index contributed by atoms with van der Waals surface area (Å²) in [5.74, 6) is 0.409. The van der Waals surface area contributed by atoms with Crippen LogP contribution >= 0.6 is 0 Å². The van der Waals surface area contributed by atoms with Gasteiger partial charge in [-0.3, -0.25) is 9.00 Å². The molecular weight excluding hydrogens is 280 g/mol. The van der Waals surface area contributed by atoms with Crippen LogP contribution in [0.1, 0.15) is 41.3 Å². The summed E-state index contributed by atoms with van der Waals surface area (Å²) in [6, 6.07) is 15.1. The minimum absolute atomic E-state index is 0.0336. The summed E-state index contributed by atoms with van der Waals surface area (Å²) in [7, 11) is -1.29. The number of carbonyl (C=O) groups is 1. The van der Waals surface area contributed by atoms with Crippen molar-refractivity contribution in [1.82, 2.24) is 0 Å². The maximum Gasteiger partial charge on any atom is 0.175 e. The Morgan fingerprint density at radius 3 is 2.24 bits per heavy atom. The van der Waals surface area contributed by atoms with E-state index in [0.717, 1.165) is 5.56 Å². The fourth-order valence-electron chi connectivity index (χ4n) is 2.17. The summed E-state index contributed by atoms with van der Waals surface area (Å²) in [5, 5.41) is 0. The summed E-state index contributed by atoms with van der Waals surface area (Å²) < 4.78 is 12.3. The molecule has 0 amide bonds. The van der Waals surface area contributed by atoms with Crippen LogP contribution in [0.15, 0.2) is 53.4 Å². The van der Waals surface area contributed by atoms with Gasteiger partial charge in [0.05, 0.1) is 16.6 Å². The van der Waals surface area contributed by atoms with Crippen molar-refractivity contribution in [2.45, 2.75) is 31.6 Å². The van der Waals surface area contributed by atoms with Crippen molar-refractivity contribution in [2.24, 2.45) is 0 Å². The van der Waals surface area contributed by atoms with Crippen LogP contribution in [0.2, 0.25) is 0 Å².